The Morgan fingerprint density at radius 1 is 0.528 bits per heavy atom. The molecule has 0 bridgehead atoms. The van der Waals surface area contributed by atoms with E-state index in [1.54, 1.807) is 0 Å². The van der Waals surface area contributed by atoms with Gasteiger partial charge in [-0.15, -0.1) is 33.8 Å². The summed E-state index contributed by atoms with van der Waals surface area (Å²) in [6.07, 6.45) is 0. The monoisotopic (exact) mass is 532 g/mol. The summed E-state index contributed by atoms with van der Waals surface area (Å²) in [5, 5.41) is 9.36. The van der Waals surface area contributed by atoms with Crippen LogP contribution in [-0.2, 0) is 0 Å². The molecule has 0 aliphatic heterocycles. The van der Waals surface area contributed by atoms with Gasteiger partial charge >= 0.3 is 0 Å². The second-order valence-electron chi connectivity index (χ2n) is 11.6. The Kier molecular flexibility index (Phi) is 5.45. The fraction of sp³-hybridized carbons (Fsp3) is 0.188. The standard InChI is InChI=1S/C32H28S2Si2/c1-35(2,3)17-15-21-7-11-25-23(19-21)9-13-27-29-28-14-10-24-20-22(16-18-36(4,5)6)8-12-26(24)31(28)34-32(29)33-30(25)27/h7-14,19-20H,1-6H3. The van der Waals surface area contributed by atoms with Crippen molar-refractivity contribution < 1.29 is 0 Å². The highest BCUT2D eigenvalue weighted by molar-refractivity contribution is 7.45. The van der Waals surface area contributed by atoms with Gasteiger partial charge in [-0.3, -0.25) is 0 Å². The van der Waals surface area contributed by atoms with Crippen LogP contribution >= 0.6 is 22.7 Å². The van der Waals surface area contributed by atoms with Crippen molar-refractivity contribution >= 4 is 89.9 Å². The summed E-state index contributed by atoms with van der Waals surface area (Å²) in [6, 6.07) is 22.6. The summed E-state index contributed by atoms with van der Waals surface area (Å²) in [7, 11) is -2.78. The molecule has 0 fully saturated rings. The molecule has 0 aliphatic rings. The van der Waals surface area contributed by atoms with Gasteiger partial charge in [0.15, 0.2) is 0 Å². The van der Waals surface area contributed by atoms with E-state index in [9.17, 15) is 0 Å². The lowest BCUT2D eigenvalue weighted by atomic mass is 10.0. The number of fused-ring (bicyclic) bond motifs is 9. The second kappa shape index (κ2) is 8.33. The van der Waals surface area contributed by atoms with Crippen molar-refractivity contribution in [1.29, 1.82) is 0 Å². The molecule has 0 N–H and O–H groups in total. The van der Waals surface area contributed by atoms with Gasteiger partial charge in [0.25, 0.3) is 0 Å². The summed E-state index contributed by atoms with van der Waals surface area (Å²) in [4.78, 5) is 0. The van der Waals surface area contributed by atoms with Crippen LogP contribution in [0.2, 0.25) is 39.3 Å². The predicted octanol–water partition coefficient (Wildman–Crippen LogP) is 10.0. The molecule has 0 saturated heterocycles. The first-order valence-electron chi connectivity index (χ1n) is 12.4. The number of benzene rings is 4. The largest absolute Gasteiger partial charge is 0.129 e. The molecule has 2 heterocycles. The SMILES string of the molecule is C[Si](C)(C)C#Cc1ccc2c(ccc3c2sc2sc4c5ccc(C#C[Si](C)(C)C)cc5ccc4c23)c1. The first kappa shape index (κ1) is 23.5. The zero-order valence-corrected chi connectivity index (χ0v) is 25.2. The van der Waals surface area contributed by atoms with Gasteiger partial charge in [0.1, 0.15) is 16.1 Å². The van der Waals surface area contributed by atoms with Crippen LogP contribution in [0.1, 0.15) is 11.1 Å². The number of rotatable bonds is 0. The third-order valence-electron chi connectivity index (χ3n) is 6.24. The molecular weight excluding hydrogens is 505 g/mol. The van der Waals surface area contributed by atoms with Gasteiger partial charge in [0, 0.05) is 36.7 Å². The Hall–Kier alpha value is -2.87. The lowest BCUT2D eigenvalue weighted by Gasteiger charge is -2.05. The van der Waals surface area contributed by atoms with Gasteiger partial charge in [-0.25, -0.2) is 0 Å². The van der Waals surface area contributed by atoms with Crippen molar-refractivity contribution in [3.05, 3.63) is 71.8 Å². The smallest absolute Gasteiger partial charge is 0.127 e. The van der Waals surface area contributed by atoms with Crippen molar-refractivity contribution in [3.63, 3.8) is 0 Å². The quantitative estimate of drug-likeness (QED) is 0.135. The third-order valence-corrected chi connectivity index (χ3v) is 10.6. The topological polar surface area (TPSA) is 0 Å². The van der Waals surface area contributed by atoms with Crippen molar-refractivity contribution in [1.82, 2.24) is 0 Å². The Labute approximate surface area is 223 Å². The molecule has 0 atom stereocenters. The lowest BCUT2D eigenvalue weighted by Crippen LogP contribution is -2.16. The van der Waals surface area contributed by atoms with Gasteiger partial charge in [-0.05, 0) is 45.8 Å². The number of hydrogen-bond donors (Lipinski definition) is 0. The first-order chi connectivity index (χ1) is 17.1. The summed E-state index contributed by atoms with van der Waals surface area (Å²) < 4.78 is 4.18. The van der Waals surface area contributed by atoms with Crippen molar-refractivity contribution in [2.24, 2.45) is 0 Å². The van der Waals surface area contributed by atoms with Crippen LogP contribution in [0.25, 0.3) is 51.1 Å². The third kappa shape index (κ3) is 4.29. The van der Waals surface area contributed by atoms with Crippen molar-refractivity contribution in [2.75, 3.05) is 0 Å². The molecule has 6 aromatic rings. The molecule has 0 amide bonds. The predicted molar refractivity (Wildman–Crippen MR) is 170 cm³/mol. The highest BCUT2D eigenvalue weighted by Crippen LogP contribution is 2.48. The lowest BCUT2D eigenvalue weighted by molar-refractivity contribution is 1.72. The van der Waals surface area contributed by atoms with Crippen LogP contribution in [-0.4, -0.2) is 16.1 Å². The summed E-state index contributed by atoms with van der Waals surface area (Å²) >= 11 is 3.87. The van der Waals surface area contributed by atoms with Gasteiger partial charge < -0.3 is 0 Å². The minimum Gasteiger partial charge on any atom is -0.127 e. The van der Waals surface area contributed by atoms with E-state index in [1.165, 1.54) is 51.1 Å². The van der Waals surface area contributed by atoms with E-state index in [0.29, 0.717) is 0 Å². The van der Waals surface area contributed by atoms with Gasteiger partial charge in [0.05, 0.1) is 4.01 Å². The van der Waals surface area contributed by atoms with Crippen LogP contribution < -0.4 is 0 Å². The molecule has 4 aromatic carbocycles. The zero-order chi connectivity index (χ0) is 25.2. The van der Waals surface area contributed by atoms with Gasteiger partial charge in [0.2, 0.25) is 0 Å². The van der Waals surface area contributed by atoms with E-state index < -0.39 is 16.1 Å². The summed E-state index contributed by atoms with van der Waals surface area (Å²) in [5.41, 5.74) is 9.23. The van der Waals surface area contributed by atoms with Crippen LogP contribution in [0.3, 0.4) is 0 Å². The maximum absolute atomic E-state index is 3.50. The van der Waals surface area contributed by atoms with Gasteiger partial charge in [-0.2, -0.15) is 0 Å². The van der Waals surface area contributed by atoms with Crippen LogP contribution in [0.4, 0.5) is 0 Å². The Balaban J connectivity index is 1.50. The van der Waals surface area contributed by atoms with Crippen molar-refractivity contribution in [3.8, 4) is 22.9 Å². The summed E-state index contributed by atoms with van der Waals surface area (Å²) in [5.74, 6) is 6.83. The average molecular weight is 533 g/mol. The average Bonchev–Trinajstić information content (AvgIpc) is 3.36. The first-order valence-corrected chi connectivity index (χ1v) is 21.0. The molecule has 36 heavy (non-hydrogen) atoms. The Bertz CT molecular complexity index is 1830. The number of thiophene rings is 2. The van der Waals surface area contributed by atoms with E-state index in [2.05, 4.69) is 123 Å². The molecule has 4 heteroatoms. The van der Waals surface area contributed by atoms with Crippen molar-refractivity contribution in [2.45, 2.75) is 39.3 Å². The molecule has 0 radical (unpaired) electrons. The fourth-order valence-electron chi connectivity index (χ4n) is 4.56. The van der Waals surface area contributed by atoms with E-state index >= 15 is 0 Å². The van der Waals surface area contributed by atoms with E-state index in [4.69, 9.17) is 0 Å². The Morgan fingerprint density at radius 2 is 0.944 bits per heavy atom. The molecule has 0 saturated carbocycles. The molecule has 0 unspecified atom stereocenters. The Morgan fingerprint density at radius 3 is 1.36 bits per heavy atom. The van der Waals surface area contributed by atoms with Crippen LogP contribution in [0.15, 0.2) is 60.7 Å². The fourth-order valence-corrected chi connectivity index (χ4v) is 8.44. The molecule has 0 nitrogen and oxygen atoms in total. The second-order valence-corrected chi connectivity index (χ2v) is 23.4. The van der Waals surface area contributed by atoms with Crippen LogP contribution in [0, 0.1) is 22.9 Å². The molecule has 176 valence electrons. The van der Waals surface area contributed by atoms with Gasteiger partial charge in [-0.1, -0.05) is 87.5 Å². The highest BCUT2D eigenvalue weighted by Gasteiger charge is 2.16. The molecular formula is C32H28S2Si2. The summed E-state index contributed by atoms with van der Waals surface area (Å²) in [6.45, 7) is 13.7. The molecule has 0 spiro atoms. The van der Waals surface area contributed by atoms with E-state index in [0.717, 1.165) is 11.1 Å². The maximum atomic E-state index is 3.50. The molecule has 6 rings (SSSR count). The molecule has 0 aliphatic carbocycles. The number of hydrogen-bond acceptors (Lipinski definition) is 2. The van der Waals surface area contributed by atoms with E-state index in [-0.39, 0.29) is 0 Å². The highest BCUT2D eigenvalue weighted by atomic mass is 32.2. The van der Waals surface area contributed by atoms with E-state index in [1.807, 2.05) is 22.7 Å². The normalized spacial score (nSPS) is 12.3. The maximum Gasteiger partial charge on any atom is 0.129 e. The molecule has 2 aromatic heterocycles. The minimum absolute atomic E-state index is 1.12. The van der Waals surface area contributed by atoms with Crippen LogP contribution in [0.5, 0.6) is 0 Å². The minimum atomic E-state index is -1.39. The zero-order valence-electron chi connectivity index (χ0n) is 21.6.